The number of benzene rings is 1. The van der Waals surface area contributed by atoms with Gasteiger partial charge >= 0.3 is 0 Å². The first-order valence-electron chi connectivity index (χ1n) is 11.4. The minimum absolute atomic E-state index is 0.0468. The second-order valence-corrected chi connectivity index (χ2v) is 9.26. The highest BCUT2D eigenvalue weighted by molar-refractivity contribution is 5.81. The molecular formula is C26H30N4O. The van der Waals surface area contributed by atoms with Crippen molar-refractivity contribution in [2.75, 3.05) is 0 Å². The molecule has 1 N–H and O–H groups in total. The molecule has 1 saturated carbocycles. The van der Waals surface area contributed by atoms with Crippen LogP contribution in [0.15, 0.2) is 64.9 Å². The first-order valence-corrected chi connectivity index (χ1v) is 11.4. The van der Waals surface area contributed by atoms with Crippen LogP contribution in [-0.4, -0.2) is 20.7 Å². The average Bonchev–Trinajstić information content (AvgIpc) is 3.20. The van der Waals surface area contributed by atoms with Gasteiger partial charge in [0.15, 0.2) is 0 Å². The summed E-state index contributed by atoms with van der Waals surface area (Å²) < 4.78 is 2.16. The summed E-state index contributed by atoms with van der Waals surface area (Å²) in [4.78, 5) is 13.1. The van der Waals surface area contributed by atoms with Crippen LogP contribution in [0.3, 0.4) is 0 Å². The zero-order valence-electron chi connectivity index (χ0n) is 18.4. The van der Waals surface area contributed by atoms with Crippen LogP contribution in [0.25, 0.3) is 5.69 Å². The molecule has 5 rings (SSSR count). The second kappa shape index (κ2) is 7.95. The standard InChI is InChI=1S/C26H30N4O/c1-16(2)24-21-11-7-8-19(21)15-22(24)27-26(31)17(3)14-23-28-29-25(18-12-13-18)30(23)20-9-5-4-6-10-20/h4-6,9-10,17-18H,1,7-8,11-15H2,2-3H3,(H,27,31). The molecule has 2 aromatic rings. The first-order chi connectivity index (χ1) is 15.0. The Morgan fingerprint density at radius 3 is 2.71 bits per heavy atom. The lowest BCUT2D eigenvalue weighted by atomic mass is 10.00. The third kappa shape index (κ3) is 3.78. The number of amides is 1. The van der Waals surface area contributed by atoms with Crippen molar-refractivity contribution < 1.29 is 4.79 Å². The summed E-state index contributed by atoms with van der Waals surface area (Å²) >= 11 is 0. The lowest BCUT2D eigenvalue weighted by molar-refractivity contribution is -0.123. The molecule has 5 nitrogen and oxygen atoms in total. The monoisotopic (exact) mass is 414 g/mol. The predicted octanol–water partition coefficient (Wildman–Crippen LogP) is 5.15. The number of carbonyl (C=O) groups is 1. The van der Waals surface area contributed by atoms with Crippen molar-refractivity contribution in [3.8, 4) is 5.69 Å². The van der Waals surface area contributed by atoms with E-state index in [0.29, 0.717) is 12.3 Å². The van der Waals surface area contributed by atoms with E-state index in [1.807, 2.05) is 32.0 Å². The van der Waals surface area contributed by atoms with Crippen LogP contribution in [0.2, 0.25) is 0 Å². The molecule has 1 atom stereocenters. The van der Waals surface area contributed by atoms with Gasteiger partial charge in [-0.2, -0.15) is 0 Å². The number of rotatable bonds is 7. The quantitative estimate of drug-likeness (QED) is 0.681. The molecule has 3 aliphatic carbocycles. The largest absolute Gasteiger partial charge is 0.329 e. The van der Waals surface area contributed by atoms with Crippen LogP contribution < -0.4 is 5.32 Å². The number of para-hydroxylation sites is 1. The Labute approximate surface area is 184 Å². The van der Waals surface area contributed by atoms with E-state index < -0.39 is 0 Å². The minimum Gasteiger partial charge on any atom is -0.329 e. The van der Waals surface area contributed by atoms with E-state index in [4.69, 9.17) is 0 Å². The normalized spacial score (nSPS) is 19.0. The van der Waals surface area contributed by atoms with Gasteiger partial charge in [0.05, 0.1) is 0 Å². The van der Waals surface area contributed by atoms with Gasteiger partial charge < -0.3 is 5.32 Å². The maximum atomic E-state index is 13.1. The van der Waals surface area contributed by atoms with Gasteiger partial charge in [-0.05, 0) is 67.9 Å². The van der Waals surface area contributed by atoms with Gasteiger partial charge in [0.1, 0.15) is 11.6 Å². The van der Waals surface area contributed by atoms with E-state index in [1.54, 1.807) is 0 Å². The molecule has 1 fully saturated rings. The van der Waals surface area contributed by atoms with Gasteiger partial charge in [-0.1, -0.05) is 37.3 Å². The molecule has 0 bridgehead atoms. The number of hydrogen-bond acceptors (Lipinski definition) is 3. The Morgan fingerprint density at radius 2 is 2.00 bits per heavy atom. The minimum atomic E-state index is -0.201. The van der Waals surface area contributed by atoms with Crippen molar-refractivity contribution in [3.63, 3.8) is 0 Å². The zero-order chi connectivity index (χ0) is 21.5. The van der Waals surface area contributed by atoms with Crippen molar-refractivity contribution in [1.82, 2.24) is 20.1 Å². The first kappa shape index (κ1) is 20.0. The van der Waals surface area contributed by atoms with E-state index in [-0.39, 0.29) is 11.8 Å². The molecule has 1 aromatic heterocycles. The number of allylic oxidation sites excluding steroid dienone is 4. The summed E-state index contributed by atoms with van der Waals surface area (Å²) in [5.41, 5.74) is 7.26. The fourth-order valence-corrected chi connectivity index (χ4v) is 4.97. The number of hydrogen-bond donors (Lipinski definition) is 1. The fraction of sp³-hybridized carbons (Fsp3) is 0.423. The molecule has 1 amide bonds. The highest BCUT2D eigenvalue weighted by atomic mass is 16.1. The molecule has 0 saturated heterocycles. The third-order valence-electron chi connectivity index (χ3n) is 6.68. The Kier molecular flexibility index (Phi) is 5.12. The summed E-state index contributed by atoms with van der Waals surface area (Å²) in [6.45, 7) is 8.20. The van der Waals surface area contributed by atoms with Gasteiger partial charge in [0, 0.05) is 36.1 Å². The summed E-state index contributed by atoms with van der Waals surface area (Å²) in [6, 6.07) is 10.2. The molecule has 0 spiro atoms. The van der Waals surface area contributed by atoms with E-state index in [9.17, 15) is 4.79 Å². The molecule has 0 aliphatic heterocycles. The van der Waals surface area contributed by atoms with E-state index in [0.717, 1.165) is 60.7 Å². The molecule has 1 aromatic carbocycles. The van der Waals surface area contributed by atoms with Gasteiger partial charge in [-0.3, -0.25) is 9.36 Å². The maximum Gasteiger partial charge on any atom is 0.227 e. The lowest BCUT2D eigenvalue weighted by Gasteiger charge is -2.17. The fourth-order valence-electron chi connectivity index (χ4n) is 4.97. The van der Waals surface area contributed by atoms with Crippen molar-refractivity contribution in [3.05, 3.63) is 76.5 Å². The molecule has 0 radical (unpaired) electrons. The Hall–Kier alpha value is -2.95. The van der Waals surface area contributed by atoms with Crippen LogP contribution in [0.4, 0.5) is 0 Å². The highest BCUT2D eigenvalue weighted by Gasteiger charge is 2.32. The summed E-state index contributed by atoms with van der Waals surface area (Å²) in [5, 5.41) is 12.2. The van der Waals surface area contributed by atoms with E-state index >= 15 is 0 Å². The Morgan fingerprint density at radius 1 is 1.23 bits per heavy atom. The Bertz CT molecular complexity index is 1100. The van der Waals surface area contributed by atoms with Crippen LogP contribution in [-0.2, 0) is 11.2 Å². The Balaban J connectivity index is 1.35. The molecule has 5 heteroatoms. The summed E-state index contributed by atoms with van der Waals surface area (Å²) in [7, 11) is 0. The van der Waals surface area contributed by atoms with Gasteiger partial charge in [-0.25, -0.2) is 0 Å². The smallest absolute Gasteiger partial charge is 0.227 e. The maximum absolute atomic E-state index is 13.1. The second-order valence-electron chi connectivity index (χ2n) is 9.26. The van der Waals surface area contributed by atoms with Crippen LogP contribution >= 0.6 is 0 Å². The van der Waals surface area contributed by atoms with Crippen LogP contribution in [0.5, 0.6) is 0 Å². The van der Waals surface area contributed by atoms with Gasteiger partial charge in [0.2, 0.25) is 5.91 Å². The van der Waals surface area contributed by atoms with Gasteiger partial charge in [0.25, 0.3) is 0 Å². The summed E-state index contributed by atoms with van der Waals surface area (Å²) in [6.07, 6.45) is 7.22. The molecule has 160 valence electrons. The number of nitrogens with zero attached hydrogens (tertiary/aromatic N) is 3. The number of carbonyl (C=O) groups excluding carboxylic acids is 1. The highest BCUT2D eigenvalue weighted by Crippen LogP contribution is 2.44. The third-order valence-corrected chi connectivity index (χ3v) is 6.68. The van der Waals surface area contributed by atoms with Crippen molar-refractivity contribution in [2.45, 2.75) is 64.7 Å². The molecule has 1 unspecified atom stereocenters. The number of aromatic nitrogens is 3. The van der Waals surface area contributed by atoms with Crippen molar-refractivity contribution >= 4 is 5.91 Å². The SMILES string of the molecule is C=C(C)C1=C(NC(=O)C(C)Cc2nnc(C3CC3)n2-c2ccccc2)CC2=C1CCC2. The van der Waals surface area contributed by atoms with Crippen molar-refractivity contribution in [2.24, 2.45) is 5.92 Å². The topological polar surface area (TPSA) is 59.8 Å². The average molecular weight is 415 g/mol. The molecule has 31 heavy (non-hydrogen) atoms. The van der Waals surface area contributed by atoms with E-state index in [1.165, 1.54) is 23.1 Å². The van der Waals surface area contributed by atoms with Crippen LogP contribution in [0, 0.1) is 5.92 Å². The summed E-state index contributed by atoms with van der Waals surface area (Å²) in [5.74, 6) is 2.22. The zero-order valence-corrected chi connectivity index (χ0v) is 18.4. The molecule has 1 heterocycles. The van der Waals surface area contributed by atoms with Crippen LogP contribution in [0.1, 0.15) is 69.9 Å². The number of nitrogens with one attached hydrogen (secondary N) is 1. The van der Waals surface area contributed by atoms with Crippen molar-refractivity contribution in [1.29, 1.82) is 0 Å². The predicted molar refractivity (Wildman–Crippen MR) is 122 cm³/mol. The van der Waals surface area contributed by atoms with E-state index in [2.05, 4.69) is 38.8 Å². The molecule has 3 aliphatic rings. The lowest BCUT2D eigenvalue weighted by Crippen LogP contribution is -2.31. The molecular weight excluding hydrogens is 384 g/mol. The van der Waals surface area contributed by atoms with Gasteiger partial charge in [-0.15, -0.1) is 10.2 Å².